The molecule has 1 radical (unpaired) electrons. The van der Waals surface area contributed by atoms with Crippen LogP contribution in [0.2, 0.25) is 13.1 Å². The molecule has 0 unspecified atom stereocenters. The van der Waals surface area contributed by atoms with Crippen molar-refractivity contribution in [3.63, 3.8) is 0 Å². The van der Waals surface area contributed by atoms with Gasteiger partial charge in [-0.2, -0.15) is 4.89 Å². The molecule has 1 aromatic rings. The zero-order valence-electron chi connectivity index (χ0n) is 12.4. The molecule has 1 rings (SSSR count). The van der Waals surface area contributed by atoms with E-state index in [0.717, 1.165) is 0 Å². The number of hydrogen-bond donors (Lipinski definition) is 0. The van der Waals surface area contributed by atoms with Gasteiger partial charge >= 0.3 is 5.97 Å². The van der Waals surface area contributed by atoms with Crippen molar-refractivity contribution in [2.75, 3.05) is 13.7 Å². The minimum atomic E-state index is -1.60. The molecule has 0 fully saturated rings. The van der Waals surface area contributed by atoms with Crippen LogP contribution in [0.1, 0.15) is 17.3 Å². The summed E-state index contributed by atoms with van der Waals surface area (Å²) in [5.74, 6) is -0.523. The Bertz CT molecular complexity index is 453. The molecule has 109 valence electrons. The lowest BCUT2D eigenvalue weighted by molar-refractivity contribution is -0.237. The molecule has 0 amide bonds. The molecule has 0 aromatic heterocycles. The molecule has 0 saturated heterocycles. The number of ether oxygens (including phenoxy) is 1. The van der Waals surface area contributed by atoms with Crippen LogP contribution in [-0.4, -0.2) is 27.8 Å². The van der Waals surface area contributed by atoms with Gasteiger partial charge in [0.1, 0.15) is 8.07 Å². The van der Waals surface area contributed by atoms with Gasteiger partial charge in [-0.3, -0.25) is 4.89 Å². The third-order valence-corrected chi connectivity index (χ3v) is 5.82. The van der Waals surface area contributed by atoms with E-state index in [1.165, 1.54) is 5.19 Å². The van der Waals surface area contributed by atoms with Crippen LogP contribution in [0.3, 0.4) is 0 Å². The topological polar surface area (TPSA) is 44.8 Å². The predicted molar refractivity (Wildman–Crippen MR) is 81.0 cm³/mol. The molecule has 5 heteroatoms. The number of hydrogen-bond acceptors (Lipinski definition) is 4. The summed E-state index contributed by atoms with van der Waals surface area (Å²) in [6, 6.07) is 7.36. The van der Waals surface area contributed by atoms with Crippen LogP contribution >= 0.6 is 0 Å². The Labute approximate surface area is 121 Å². The predicted octanol–water partition coefficient (Wildman–Crippen LogP) is 2.61. The van der Waals surface area contributed by atoms with Gasteiger partial charge in [0, 0.05) is 7.11 Å². The van der Waals surface area contributed by atoms with Crippen molar-refractivity contribution in [3.8, 4) is 0 Å². The first kappa shape index (κ1) is 16.6. The van der Waals surface area contributed by atoms with Gasteiger partial charge < -0.3 is 4.74 Å². The zero-order chi connectivity index (χ0) is 15.2. The van der Waals surface area contributed by atoms with E-state index in [1.807, 2.05) is 17.8 Å². The molecular weight excluding hydrogens is 272 g/mol. The van der Waals surface area contributed by atoms with Gasteiger partial charge in [-0.1, -0.05) is 36.1 Å². The Kier molecular flexibility index (Phi) is 6.13. The van der Waals surface area contributed by atoms with Crippen molar-refractivity contribution >= 4 is 19.2 Å². The maximum atomic E-state index is 11.8. The number of rotatable bonds is 7. The van der Waals surface area contributed by atoms with Crippen LogP contribution in [0.15, 0.2) is 36.5 Å². The highest BCUT2D eigenvalue weighted by Crippen LogP contribution is 2.09. The summed E-state index contributed by atoms with van der Waals surface area (Å²) in [6.07, 6.45) is 0.484. The quantitative estimate of drug-likeness (QED) is 0.440. The van der Waals surface area contributed by atoms with Crippen LogP contribution in [0, 0.1) is 6.10 Å². The van der Waals surface area contributed by atoms with Crippen LogP contribution in [0.25, 0.3) is 0 Å². The minimum Gasteiger partial charge on any atom is -0.381 e. The summed E-state index contributed by atoms with van der Waals surface area (Å²) < 4.78 is 4.85. The first-order chi connectivity index (χ1) is 9.40. The van der Waals surface area contributed by atoms with Crippen LogP contribution in [-0.2, 0) is 14.5 Å². The SMILES string of the molecule is C=C[Si](C)(C)c1ccc(C(=O)OO[C](C)COC)cc1. The summed E-state index contributed by atoms with van der Waals surface area (Å²) in [7, 11) is -0.0580. The summed E-state index contributed by atoms with van der Waals surface area (Å²) in [5, 5.41) is 1.21. The third kappa shape index (κ3) is 4.59. The molecule has 0 heterocycles. The van der Waals surface area contributed by atoms with Crippen molar-refractivity contribution in [2.45, 2.75) is 20.0 Å². The first-order valence-corrected chi connectivity index (χ1v) is 9.43. The summed E-state index contributed by atoms with van der Waals surface area (Å²) in [6.45, 7) is 10.2. The highest BCUT2D eigenvalue weighted by molar-refractivity contribution is 6.93. The smallest absolute Gasteiger partial charge is 0.373 e. The van der Waals surface area contributed by atoms with E-state index < -0.39 is 14.0 Å². The van der Waals surface area contributed by atoms with E-state index in [2.05, 4.69) is 19.7 Å². The lowest BCUT2D eigenvalue weighted by Gasteiger charge is -2.17. The fraction of sp³-hybridized carbons (Fsp3) is 0.333. The lowest BCUT2D eigenvalue weighted by atomic mass is 10.2. The Hall–Kier alpha value is -1.43. The number of benzene rings is 1. The maximum absolute atomic E-state index is 11.8. The van der Waals surface area contributed by atoms with E-state index in [1.54, 1.807) is 26.2 Å². The van der Waals surface area contributed by atoms with E-state index in [-0.39, 0.29) is 6.61 Å². The third-order valence-electron chi connectivity index (χ3n) is 2.98. The van der Waals surface area contributed by atoms with Gasteiger partial charge in [0.15, 0.2) is 6.10 Å². The van der Waals surface area contributed by atoms with Crippen molar-refractivity contribution < 1.29 is 19.3 Å². The molecule has 0 N–H and O–H groups in total. The highest BCUT2D eigenvalue weighted by Gasteiger charge is 2.19. The van der Waals surface area contributed by atoms with E-state index >= 15 is 0 Å². The molecule has 0 atom stereocenters. The molecule has 0 aliphatic rings. The lowest BCUT2D eigenvalue weighted by Crippen LogP contribution is -2.39. The maximum Gasteiger partial charge on any atom is 0.373 e. The monoisotopic (exact) mass is 293 g/mol. The number of methoxy groups -OCH3 is 1. The fourth-order valence-electron chi connectivity index (χ4n) is 1.54. The zero-order valence-corrected chi connectivity index (χ0v) is 13.4. The van der Waals surface area contributed by atoms with Crippen molar-refractivity contribution in [2.24, 2.45) is 0 Å². The Balaban J connectivity index is 2.64. The second-order valence-corrected chi connectivity index (χ2v) is 9.52. The molecular formula is C15H21O4Si. The molecule has 1 aromatic carbocycles. The van der Waals surface area contributed by atoms with E-state index in [9.17, 15) is 4.79 Å². The van der Waals surface area contributed by atoms with Crippen molar-refractivity contribution in [1.29, 1.82) is 0 Å². The molecule has 20 heavy (non-hydrogen) atoms. The second kappa shape index (κ2) is 7.38. The van der Waals surface area contributed by atoms with Crippen LogP contribution in [0.4, 0.5) is 0 Å². The van der Waals surface area contributed by atoms with Crippen LogP contribution in [0.5, 0.6) is 0 Å². The Morgan fingerprint density at radius 2 is 1.85 bits per heavy atom. The normalized spacial score (nSPS) is 11.4. The van der Waals surface area contributed by atoms with Gasteiger partial charge in [0.25, 0.3) is 0 Å². The van der Waals surface area contributed by atoms with Crippen molar-refractivity contribution in [3.05, 3.63) is 48.2 Å². The summed E-state index contributed by atoms with van der Waals surface area (Å²) in [5.41, 5.74) is 2.46. The average Bonchev–Trinajstić information content (AvgIpc) is 2.45. The fourth-order valence-corrected chi connectivity index (χ4v) is 2.80. The molecule has 0 bridgehead atoms. The summed E-state index contributed by atoms with van der Waals surface area (Å²) in [4.78, 5) is 21.4. The second-order valence-electron chi connectivity index (χ2n) is 5.09. The minimum absolute atomic E-state index is 0.283. The first-order valence-electron chi connectivity index (χ1n) is 6.35. The molecule has 4 nitrogen and oxygen atoms in total. The largest absolute Gasteiger partial charge is 0.381 e. The Morgan fingerprint density at radius 1 is 1.25 bits per heavy atom. The van der Waals surface area contributed by atoms with Gasteiger partial charge in [-0.15, -0.1) is 6.58 Å². The average molecular weight is 293 g/mol. The molecule has 0 spiro atoms. The number of carbonyl (C=O) groups is 1. The highest BCUT2D eigenvalue weighted by atomic mass is 28.3. The van der Waals surface area contributed by atoms with Gasteiger partial charge in [-0.05, 0) is 19.1 Å². The molecule has 0 saturated carbocycles. The van der Waals surface area contributed by atoms with E-state index in [4.69, 9.17) is 14.5 Å². The van der Waals surface area contributed by atoms with Gasteiger partial charge in [-0.25, -0.2) is 4.79 Å². The number of carbonyl (C=O) groups excluding carboxylic acids is 1. The van der Waals surface area contributed by atoms with Crippen molar-refractivity contribution in [1.82, 2.24) is 0 Å². The summed E-state index contributed by atoms with van der Waals surface area (Å²) >= 11 is 0. The van der Waals surface area contributed by atoms with Gasteiger partial charge in [0.2, 0.25) is 0 Å². The standard InChI is InChI=1S/C15H21O4Si/c1-6-20(4,5)14-9-7-13(8-10-14)15(16)19-18-12(2)11-17-3/h6-10H,1,11H2,2-5H3. The van der Waals surface area contributed by atoms with Gasteiger partial charge in [0.05, 0.1) is 12.2 Å². The van der Waals surface area contributed by atoms with E-state index in [0.29, 0.717) is 11.7 Å². The van der Waals surface area contributed by atoms with Crippen LogP contribution < -0.4 is 5.19 Å². The Morgan fingerprint density at radius 3 is 2.35 bits per heavy atom. The molecule has 0 aliphatic heterocycles. The molecule has 0 aliphatic carbocycles.